The molecule has 0 fully saturated rings. The van der Waals surface area contributed by atoms with E-state index in [0.29, 0.717) is 28.5 Å². The average molecular weight is 359 g/mol. The zero-order valence-electron chi connectivity index (χ0n) is 14.9. The Balaban J connectivity index is 1.97. The summed E-state index contributed by atoms with van der Waals surface area (Å²) in [5, 5.41) is 2.67. The molecule has 2 aromatic rings. The molecule has 0 radical (unpaired) electrons. The number of carbonyl (C=O) groups excluding carboxylic acids is 2. The van der Waals surface area contributed by atoms with Crippen LogP contribution in [0.1, 0.15) is 17.3 Å². The number of benzene rings is 2. The van der Waals surface area contributed by atoms with Gasteiger partial charge in [0.2, 0.25) is 0 Å². The first-order chi connectivity index (χ1) is 12.5. The predicted molar refractivity (Wildman–Crippen MR) is 96.1 cm³/mol. The number of nitrogens with one attached hydrogen (secondary N) is 1. The molecule has 7 nitrogen and oxygen atoms in total. The molecule has 0 aliphatic heterocycles. The number of carbonyl (C=O) groups is 2. The molecule has 0 aromatic heterocycles. The van der Waals surface area contributed by atoms with Crippen LogP contribution in [0.5, 0.6) is 17.2 Å². The first kappa shape index (κ1) is 19.1. The summed E-state index contributed by atoms with van der Waals surface area (Å²) in [5.74, 6) is 0.747. The lowest BCUT2D eigenvalue weighted by molar-refractivity contribution is -0.118. The third-order valence-corrected chi connectivity index (χ3v) is 3.35. The molecule has 0 aliphatic carbocycles. The summed E-state index contributed by atoms with van der Waals surface area (Å²) in [5.41, 5.74) is 0.843. The van der Waals surface area contributed by atoms with Gasteiger partial charge >= 0.3 is 5.97 Å². The molecule has 0 spiro atoms. The van der Waals surface area contributed by atoms with Crippen molar-refractivity contribution >= 4 is 17.6 Å². The minimum absolute atomic E-state index is 0.208. The van der Waals surface area contributed by atoms with Crippen molar-refractivity contribution < 1.29 is 28.5 Å². The summed E-state index contributed by atoms with van der Waals surface area (Å²) >= 11 is 0. The summed E-state index contributed by atoms with van der Waals surface area (Å²) in [6, 6.07) is 11.5. The number of hydrogen-bond acceptors (Lipinski definition) is 6. The van der Waals surface area contributed by atoms with Crippen molar-refractivity contribution in [3.63, 3.8) is 0 Å². The van der Waals surface area contributed by atoms with Gasteiger partial charge in [-0.25, -0.2) is 4.79 Å². The summed E-state index contributed by atoms with van der Waals surface area (Å²) in [7, 11) is 3.06. The van der Waals surface area contributed by atoms with Gasteiger partial charge in [0.05, 0.1) is 26.4 Å². The quantitative estimate of drug-likeness (QED) is 0.730. The Morgan fingerprint density at radius 3 is 2.23 bits per heavy atom. The van der Waals surface area contributed by atoms with Gasteiger partial charge in [-0.3, -0.25) is 4.79 Å². The lowest BCUT2D eigenvalue weighted by Gasteiger charge is -2.11. The smallest absolute Gasteiger partial charge is 0.338 e. The highest BCUT2D eigenvalue weighted by Crippen LogP contribution is 2.27. The molecule has 0 saturated carbocycles. The lowest BCUT2D eigenvalue weighted by Crippen LogP contribution is -2.20. The molecule has 7 heteroatoms. The first-order valence-electron chi connectivity index (χ1n) is 7.98. The fraction of sp³-hybridized carbons (Fsp3) is 0.263. The van der Waals surface area contributed by atoms with E-state index in [0.717, 1.165) is 0 Å². The van der Waals surface area contributed by atoms with Crippen molar-refractivity contribution in [1.82, 2.24) is 0 Å². The number of methoxy groups -OCH3 is 2. The highest BCUT2D eigenvalue weighted by atomic mass is 16.5. The zero-order valence-corrected chi connectivity index (χ0v) is 14.9. The van der Waals surface area contributed by atoms with Gasteiger partial charge in [0, 0.05) is 23.9 Å². The van der Waals surface area contributed by atoms with E-state index >= 15 is 0 Å². The maximum absolute atomic E-state index is 12.1. The molecule has 1 N–H and O–H groups in total. The van der Waals surface area contributed by atoms with Gasteiger partial charge in [-0.05, 0) is 25.1 Å². The summed E-state index contributed by atoms with van der Waals surface area (Å²) in [6.45, 7) is 1.81. The van der Waals surface area contributed by atoms with E-state index in [4.69, 9.17) is 18.9 Å². The Bertz CT molecular complexity index is 752. The van der Waals surface area contributed by atoms with Gasteiger partial charge < -0.3 is 24.3 Å². The molecular formula is C19H21NO6. The van der Waals surface area contributed by atoms with E-state index in [1.165, 1.54) is 14.2 Å². The van der Waals surface area contributed by atoms with E-state index in [2.05, 4.69) is 5.32 Å². The Kier molecular flexibility index (Phi) is 6.84. The molecular weight excluding hydrogens is 338 g/mol. The van der Waals surface area contributed by atoms with Crippen molar-refractivity contribution in [2.45, 2.75) is 6.92 Å². The average Bonchev–Trinajstić information content (AvgIpc) is 2.66. The van der Waals surface area contributed by atoms with E-state index < -0.39 is 5.97 Å². The van der Waals surface area contributed by atoms with Crippen molar-refractivity contribution in [2.24, 2.45) is 0 Å². The second-order valence-corrected chi connectivity index (χ2v) is 5.19. The Hall–Kier alpha value is -3.22. The molecule has 0 heterocycles. The van der Waals surface area contributed by atoms with E-state index in [1.54, 1.807) is 49.4 Å². The third kappa shape index (κ3) is 5.41. The molecule has 0 unspecified atom stereocenters. The van der Waals surface area contributed by atoms with Crippen LogP contribution in [0.4, 0.5) is 5.69 Å². The van der Waals surface area contributed by atoms with Crippen LogP contribution in [0.15, 0.2) is 42.5 Å². The van der Waals surface area contributed by atoms with Crippen LogP contribution in [0.2, 0.25) is 0 Å². The lowest BCUT2D eigenvalue weighted by atomic mass is 10.2. The number of ether oxygens (including phenoxy) is 4. The second kappa shape index (κ2) is 9.31. The largest absolute Gasteiger partial charge is 0.496 e. The molecule has 2 aromatic carbocycles. The van der Waals surface area contributed by atoms with Crippen LogP contribution in [0.25, 0.3) is 0 Å². The van der Waals surface area contributed by atoms with Crippen molar-refractivity contribution in [3.05, 3.63) is 48.0 Å². The molecule has 1 amide bonds. The van der Waals surface area contributed by atoms with Crippen LogP contribution in [0, 0.1) is 0 Å². The van der Waals surface area contributed by atoms with Crippen LogP contribution < -0.4 is 19.5 Å². The van der Waals surface area contributed by atoms with Crippen LogP contribution in [0.3, 0.4) is 0 Å². The summed E-state index contributed by atoms with van der Waals surface area (Å²) in [6.07, 6.45) is 0. The van der Waals surface area contributed by atoms with Crippen LogP contribution in [-0.2, 0) is 9.53 Å². The molecule has 0 aliphatic rings. The van der Waals surface area contributed by atoms with Crippen molar-refractivity contribution in [3.8, 4) is 17.2 Å². The van der Waals surface area contributed by atoms with Gasteiger partial charge in [0.25, 0.3) is 5.91 Å². The monoisotopic (exact) mass is 359 g/mol. The van der Waals surface area contributed by atoms with Crippen molar-refractivity contribution in [1.29, 1.82) is 0 Å². The Morgan fingerprint density at radius 2 is 1.62 bits per heavy atom. The normalized spacial score (nSPS) is 9.96. The fourth-order valence-electron chi connectivity index (χ4n) is 2.15. The molecule has 0 bridgehead atoms. The van der Waals surface area contributed by atoms with Gasteiger partial charge in [-0.2, -0.15) is 0 Å². The molecule has 26 heavy (non-hydrogen) atoms. The first-order valence-corrected chi connectivity index (χ1v) is 7.98. The van der Waals surface area contributed by atoms with E-state index in [9.17, 15) is 9.59 Å². The van der Waals surface area contributed by atoms with Gasteiger partial charge in [0.15, 0.2) is 6.61 Å². The van der Waals surface area contributed by atoms with E-state index in [-0.39, 0.29) is 19.1 Å². The van der Waals surface area contributed by atoms with Gasteiger partial charge in [0.1, 0.15) is 17.2 Å². The van der Waals surface area contributed by atoms with Crippen LogP contribution >= 0.6 is 0 Å². The molecule has 0 saturated heterocycles. The standard InChI is InChI=1S/C19H21NO6/c1-4-25-19(22)13-6-5-7-14(8-13)20-18(21)12-26-17-10-15(23-2)9-16(11-17)24-3/h5-11H,4,12H2,1-3H3,(H,20,21). The second-order valence-electron chi connectivity index (χ2n) is 5.19. The van der Waals surface area contributed by atoms with Crippen LogP contribution in [-0.4, -0.2) is 39.3 Å². The third-order valence-electron chi connectivity index (χ3n) is 3.35. The molecule has 2 rings (SSSR count). The molecule has 0 atom stereocenters. The highest BCUT2D eigenvalue weighted by Gasteiger charge is 2.10. The highest BCUT2D eigenvalue weighted by molar-refractivity contribution is 5.95. The predicted octanol–water partition coefficient (Wildman–Crippen LogP) is 2.90. The Labute approximate surface area is 151 Å². The van der Waals surface area contributed by atoms with Gasteiger partial charge in [-0.1, -0.05) is 6.07 Å². The summed E-state index contributed by atoms with van der Waals surface area (Å²) in [4.78, 5) is 23.8. The maximum Gasteiger partial charge on any atom is 0.338 e. The van der Waals surface area contributed by atoms with E-state index in [1.807, 2.05) is 0 Å². The minimum Gasteiger partial charge on any atom is -0.496 e. The number of rotatable bonds is 8. The van der Waals surface area contributed by atoms with Gasteiger partial charge in [-0.15, -0.1) is 0 Å². The number of anilines is 1. The molecule has 138 valence electrons. The SMILES string of the molecule is CCOC(=O)c1cccc(NC(=O)COc2cc(OC)cc(OC)c2)c1. The minimum atomic E-state index is -0.441. The number of esters is 1. The maximum atomic E-state index is 12.1. The zero-order chi connectivity index (χ0) is 18.9. The number of hydrogen-bond donors (Lipinski definition) is 1. The summed E-state index contributed by atoms with van der Waals surface area (Å²) < 4.78 is 20.7. The van der Waals surface area contributed by atoms with Crippen molar-refractivity contribution in [2.75, 3.05) is 32.8 Å². The Morgan fingerprint density at radius 1 is 0.962 bits per heavy atom. The fourth-order valence-corrected chi connectivity index (χ4v) is 2.15. The topological polar surface area (TPSA) is 83.1 Å². The number of amides is 1.